The second-order valence-electron chi connectivity index (χ2n) is 4.41. The molecule has 5 heteroatoms. The van der Waals surface area contributed by atoms with Gasteiger partial charge in [0.25, 0.3) is 5.91 Å². The van der Waals surface area contributed by atoms with Gasteiger partial charge in [0.15, 0.2) is 0 Å². The molecule has 1 N–H and O–H groups in total. The van der Waals surface area contributed by atoms with Crippen molar-refractivity contribution in [2.45, 2.75) is 13.3 Å². The molecule has 1 aromatic heterocycles. The Morgan fingerprint density at radius 2 is 1.90 bits per heavy atom. The van der Waals surface area contributed by atoms with E-state index >= 15 is 0 Å². The van der Waals surface area contributed by atoms with Crippen molar-refractivity contribution in [2.24, 2.45) is 0 Å². The van der Waals surface area contributed by atoms with Crippen molar-refractivity contribution in [3.8, 4) is 0 Å². The van der Waals surface area contributed by atoms with E-state index in [0.717, 1.165) is 6.42 Å². The first kappa shape index (κ1) is 14.7. The van der Waals surface area contributed by atoms with E-state index < -0.39 is 5.97 Å². The van der Waals surface area contributed by atoms with E-state index in [1.54, 1.807) is 48.8 Å². The third kappa shape index (κ3) is 4.14. The lowest BCUT2D eigenvalue weighted by Gasteiger charge is -2.07. The number of hydrogen-bond donors (Lipinski definition) is 1. The van der Waals surface area contributed by atoms with Crippen LogP contribution in [0.3, 0.4) is 0 Å². The van der Waals surface area contributed by atoms with Crippen LogP contribution in [-0.4, -0.2) is 23.5 Å². The van der Waals surface area contributed by atoms with Crippen molar-refractivity contribution in [3.63, 3.8) is 0 Å². The van der Waals surface area contributed by atoms with Gasteiger partial charge in [-0.2, -0.15) is 0 Å². The standard InChI is InChI=1S/C16H16N2O3/c1-2-10-21-16(20)13-4-3-5-14(11-13)18-15(19)12-6-8-17-9-7-12/h3-9,11H,2,10H2,1H3,(H,18,19). The molecule has 21 heavy (non-hydrogen) atoms. The molecular weight excluding hydrogens is 268 g/mol. The molecule has 0 aliphatic rings. The van der Waals surface area contributed by atoms with Gasteiger partial charge in [-0.1, -0.05) is 13.0 Å². The molecule has 108 valence electrons. The van der Waals surface area contributed by atoms with Gasteiger partial charge in [-0.3, -0.25) is 9.78 Å². The van der Waals surface area contributed by atoms with Gasteiger partial charge >= 0.3 is 5.97 Å². The molecule has 0 aliphatic carbocycles. The van der Waals surface area contributed by atoms with E-state index in [-0.39, 0.29) is 5.91 Å². The van der Waals surface area contributed by atoms with E-state index in [9.17, 15) is 9.59 Å². The highest BCUT2D eigenvalue weighted by Gasteiger charge is 2.09. The number of pyridine rings is 1. The van der Waals surface area contributed by atoms with Crippen LogP contribution in [-0.2, 0) is 4.74 Å². The van der Waals surface area contributed by atoms with Crippen LogP contribution < -0.4 is 5.32 Å². The van der Waals surface area contributed by atoms with E-state index in [2.05, 4.69) is 10.3 Å². The quantitative estimate of drug-likeness (QED) is 0.857. The van der Waals surface area contributed by atoms with E-state index in [4.69, 9.17) is 4.74 Å². The Balaban J connectivity index is 2.07. The number of hydrogen-bond acceptors (Lipinski definition) is 4. The maximum absolute atomic E-state index is 12.0. The minimum atomic E-state index is -0.392. The first-order chi connectivity index (χ1) is 10.2. The fourth-order valence-electron chi connectivity index (χ4n) is 1.71. The number of rotatable bonds is 5. The second kappa shape index (κ2) is 7.19. The molecule has 0 bridgehead atoms. The molecule has 0 atom stereocenters. The summed E-state index contributed by atoms with van der Waals surface area (Å²) < 4.78 is 5.06. The monoisotopic (exact) mass is 284 g/mol. The predicted molar refractivity (Wildman–Crippen MR) is 79.2 cm³/mol. The molecule has 1 aromatic carbocycles. The lowest BCUT2D eigenvalue weighted by molar-refractivity contribution is 0.0505. The zero-order valence-electron chi connectivity index (χ0n) is 11.7. The van der Waals surface area contributed by atoms with Crippen molar-refractivity contribution < 1.29 is 14.3 Å². The molecule has 0 aliphatic heterocycles. The summed E-state index contributed by atoms with van der Waals surface area (Å²) >= 11 is 0. The van der Waals surface area contributed by atoms with E-state index in [1.165, 1.54) is 0 Å². The smallest absolute Gasteiger partial charge is 0.338 e. The Morgan fingerprint density at radius 3 is 2.62 bits per heavy atom. The van der Waals surface area contributed by atoms with Crippen LogP contribution in [0.25, 0.3) is 0 Å². The van der Waals surface area contributed by atoms with Crippen LogP contribution in [0, 0.1) is 0 Å². The number of anilines is 1. The van der Waals surface area contributed by atoms with Gasteiger partial charge in [0, 0.05) is 23.6 Å². The summed E-state index contributed by atoms with van der Waals surface area (Å²) in [6.45, 7) is 2.31. The van der Waals surface area contributed by atoms with E-state index in [1.807, 2.05) is 6.92 Å². The number of carbonyl (C=O) groups excluding carboxylic acids is 2. The van der Waals surface area contributed by atoms with Crippen LogP contribution in [0.5, 0.6) is 0 Å². The average molecular weight is 284 g/mol. The zero-order valence-corrected chi connectivity index (χ0v) is 11.7. The topological polar surface area (TPSA) is 68.3 Å². The molecule has 2 rings (SSSR count). The molecule has 0 fully saturated rings. The zero-order chi connectivity index (χ0) is 15.1. The Bertz CT molecular complexity index is 626. The largest absolute Gasteiger partial charge is 0.462 e. The van der Waals surface area contributed by atoms with Gasteiger partial charge < -0.3 is 10.1 Å². The minimum absolute atomic E-state index is 0.253. The number of amides is 1. The first-order valence-electron chi connectivity index (χ1n) is 6.69. The first-order valence-corrected chi connectivity index (χ1v) is 6.69. The average Bonchev–Trinajstić information content (AvgIpc) is 2.53. The van der Waals surface area contributed by atoms with Gasteiger partial charge in [-0.05, 0) is 36.8 Å². The minimum Gasteiger partial charge on any atom is -0.462 e. The molecular formula is C16H16N2O3. The van der Waals surface area contributed by atoms with Crippen molar-refractivity contribution >= 4 is 17.6 Å². The summed E-state index contributed by atoms with van der Waals surface area (Å²) in [5.41, 5.74) is 1.46. The number of nitrogens with one attached hydrogen (secondary N) is 1. The summed E-state index contributed by atoms with van der Waals surface area (Å²) in [5, 5.41) is 2.74. The highest BCUT2D eigenvalue weighted by atomic mass is 16.5. The van der Waals surface area contributed by atoms with Crippen LogP contribution in [0.4, 0.5) is 5.69 Å². The number of carbonyl (C=O) groups is 2. The molecule has 0 spiro atoms. The Hall–Kier alpha value is -2.69. The normalized spacial score (nSPS) is 9.95. The molecule has 1 heterocycles. The van der Waals surface area contributed by atoms with Crippen LogP contribution in [0.1, 0.15) is 34.1 Å². The van der Waals surface area contributed by atoms with Crippen molar-refractivity contribution in [1.82, 2.24) is 4.98 Å². The third-order valence-corrected chi connectivity index (χ3v) is 2.74. The molecule has 0 saturated heterocycles. The molecule has 0 saturated carbocycles. The van der Waals surface area contributed by atoms with Crippen molar-refractivity contribution in [2.75, 3.05) is 11.9 Å². The summed E-state index contributed by atoms with van der Waals surface area (Å²) in [4.78, 5) is 27.6. The molecule has 1 amide bonds. The number of aromatic nitrogens is 1. The summed E-state index contributed by atoms with van der Waals surface area (Å²) in [6, 6.07) is 9.90. The lowest BCUT2D eigenvalue weighted by Crippen LogP contribution is -2.13. The van der Waals surface area contributed by atoms with Crippen molar-refractivity contribution in [1.29, 1.82) is 0 Å². The summed E-state index contributed by atoms with van der Waals surface area (Å²) in [7, 11) is 0. The van der Waals surface area contributed by atoms with Crippen LogP contribution in [0.15, 0.2) is 48.8 Å². The van der Waals surface area contributed by atoms with Gasteiger partial charge in [0.1, 0.15) is 0 Å². The summed E-state index contributed by atoms with van der Waals surface area (Å²) in [6.07, 6.45) is 3.87. The highest BCUT2D eigenvalue weighted by Crippen LogP contribution is 2.13. The Morgan fingerprint density at radius 1 is 1.14 bits per heavy atom. The Labute approximate surface area is 123 Å². The van der Waals surface area contributed by atoms with Gasteiger partial charge in [-0.15, -0.1) is 0 Å². The number of nitrogens with zero attached hydrogens (tertiary/aromatic N) is 1. The molecule has 5 nitrogen and oxygen atoms in total. The number of benzene rings is 1. The molecule has 0 radical (unpaired) electrons. The summed E-state index contributed by atoms with van der Waals surface area (Å²) in [5.74, 6) is -0.645. The molecule has 2 aromatic rings. The number of esters is 1. The molecule has 0 unspecified atom stereocenters. The Kier molecular flexibility index (Phi) is 5.04. The van der Waals surface area contributed by atoms with Gasteiger partial charge in [-0.25, -0.2) is 4.79 Å². The fourth-order valence-corrected chi connectivity index (χ4v) is 1.71. The third-order valence-electron chi connectivity index (χ3n) is 2.74. The van der Waals surface area contributed by atoms with Gasteiger partial charge in [0.05, 0.1) is 12.2 Å². The van der Waals surface area contributed by atoms with Crippen LogP contribution in [0.2, 0.25) is 0 Å². The van der Waals surface area contributed by atoms with Crippen LogP contribution >= 0.6 is 0 Å². The maximum atomic E-state index is 12.0. The predicted octanol–water partition coefficient (Wildman–Crippen LogP) is 2.90. The SMILES string of the molecule is CCCOC(=O)c1cccc(NC(=O)c2ccncc2)c1. The van der Waals surface area contributed by atoms with Gasteiger partial charge in [0.2, 0.25) is 0 Å². The van der Waals surface area contributed by atoms with Crippen molar-refractivity contribution in [3.05, 3.63) is 59.9 Å². The fraction of sp³-hybridized carbons (Fsp3) is 0.188. The highest BCUT2D eigenvalue weighted by molar-refractivity contribution is 6.04. The second-order valence-corrected chi connectivity index (χ2v) is 4.41. The van der Waals surface area contributed by atoms with E-state index in [0.29, 0.717) is 23.4 Å². The number of ether oxygens (including phenoxy) is 1. The maximum Gasteiger partial charge on any atom is 0.338 e. The lowest BCUT2D eigenvalue weighted by atomic mass is 10.2.